The van der Waals surface area contributed by atoms with Crippen molar-refractivity contribution in [2.24, 2.45) is 0 Å². The van der Waals surface area contributed by atoms with Crippen LogP contribution in [0.5, 0.6) is 0 Å². The molecule has 7 nitrogen and oxygen atoms in total. The second-order valence-electron chi connectivity index (χ2n) is 4.58. The van der Waals surface area contributed by atoms with Gasteiger partial charge in [-0.3, -0.25) is 0 Å². The van der Waals surface area contributed by atoms with Crippen LogP contribution >= 0.6 is 22.7 Å². The van der Waals surface area contributed by atoms with Crippen LogP contribution in [0.25, 0.3) is 20.9 Å². The minimum absolute atomic E-state index is 0.174. The molecule has 3 aromatic heterocycles. The van der Waals surface area contributed by atoms with E-state index >= 15 is 0 Å². The second-order valence-corrected chi connectivity index (χ2v) is 6.39. The Bertz CT molecular complexity index is 786. The molecule has 0 aliphatic rings. The van der Waals surface area contributed by atoms with Crippen LogP contribution in [0.3, 0.4) is 0 Å². The highest BCUT2D eigenvalue weighted by Crippen LogP contribution is 2.32. The maximum absolute atomic E-state index is 11.3. The van der Waals surface area contributed by atoms with Gasteiger partial charge in [-0.15, -0.1) is 22.7 Å². The molecule has 0 radical (unpaired) electrons. The van der Waals surface area contributed by atoms with E-state index in [0.29, 0.717) is 25.6 Å². The molecule has 0 aliphatic carbocycles. The summed E-state index contributed by atoms with van der Waals surface area (Å²) in [6.07, 6.45) is 1.77. The predicted octanol–water partition coefficient (Wildman–Crippen LogP) is 2.55. The van der Waals surface area contributed by atoms with E-state index in [1.807, 2.05) is 23.8 Å². The lowest BCUT2D eigenvalue weighted by molar-refractivity contribution is 0.242. The molecule has 0 bridgehead atoms. The van der Waals surface area contributed by atoms with Crippen molar-refractivity contribution in [2.45, 2.75) is 6.92 Å². The molecule has 9 heteroatoms. The number of rotatable bonds is 6. The third-order valence-electron chi connectivity index (χ3n) is 2.97. The molecular weight excluding hydrogens is 332 g/mol. The zero-order valence-electron chi connectivity index (χ0n) is 12.5. The zero-order chi connectivity index (χ0) is 16.1. The molecule has 120 valence electrons. The number of amides is 2. The van der Waals surface area contributed by atoms with Crippen molar-refractivity contribution in [1.82, 2.24) is 25.6 Å². The number of hydrogen-bond donors (Lipinski definition) is 3. The highest BCUT2D eigenvalue weighted by Gasteiger charge is 2.12. The summed E-state index contributed by atoms with van der Waals surface area (Å²) < 4.78 is 1.03. The van der Waals surface area contributed by atoms with Crippen LogP contribution < -0.4 is 16.0 Å². The van der Waals surface area contributed by atoms with Crippen LogP contribution in [0.2, 0.25) is 0 Å². The van der Waals surface area contributed by atoms with Crippen LogP contribution in [0.1, 0.15) is 6.92 Å². The summed E-state index contributed by atoms with van der Waals surface area (Å²) in [6, 6.07) is 1.80. The lowest BCUT2D eigenvalue weighted by atomic mass is 10.3. The summed E-state index contributed by atoms with van der Waals surface area (Å²) in [7, 11) is 0. The molecule has 0 atom stereocenters. The Balaban J connectivity index is 1.71. The van der Waals surface area contributed by atoms with Crippen molar-refractivity contribution in [3.05, 3.63) is 23.0 Å². The van der Waals surface area contributed by atoms with Crippen LogP contribution in [0.4, 0.5) is 10.7 Å². The molecule has 0 fully saturated rings. The number of carbonyl (C=O) groups excluding carboxylic acids is 1. The van der Waals surface area contributed by atoms with Gasteiger partial charge in [-0.2, -0.15) is 0 Å². The smallest absolute Gasteiger partial charge is 0.314 e. The summed E-state index contributed by atoms with van der Waals surface area (Å²) in [5.41, 5.74) is 1.74. The van der Waals surface area contributed by atoms with E-state index in [1.165, 1.54) is 0 Å². The first kappa shape index (κ1) is 15.6. The largest absolute Gasteiger partial charge is 0.352 e. The molecule has 0 unspecified atom stereocenters. The van der Waals surface area contributed by atoms with Gasteiger partial charge in [0.1, 0.15) is 10.7 Å². The number of anilines is 1. The zero-order valence-corrected chi connectivity index (χ0v) is 14.1. The molecule has 3 N–H and O–H groups in total. The Hall–Kier alpha value is -2.26. The lowest BCUT2D eigenvalue weighted by Gasteiger charge is -2.08. The Labute approximate surface area is 141 Å². The summed E-state index contributed by atoms with van der Waals surface area (Å²) in [4.78, 5) is 24.7. The summed E-state index contributed by atoms with van der Waals surface area (Å²) in [6.45, 7) is 3.52. The minimum Gasteiger partial charge on any atom is -0.352 e. The van der Waals surface area contributed by atoms with E-state index in [9.17, 15) is 4.79 Å². The number of thiophene rings is 1. The van der Waals surface area contributed by atoms with Crippen LogP contribution in [-0.4, -0.2) is 40.6 Å². The van der Waals surface area contributed by atoms with Gasteiger partial charge in [-0.05, 0) is 18.4 Å². The van der Waals surface area contributed by atoms with Gasteiger partial charge in [0.25, 0.3) is 0 Å². The van der Waals surface area contributed by atoms with Crippen molar-refractivity contribution >= 4 is 44.9 Å². The Morgan fingerprint density at radius 1 is 1.17 bits per heavy atom. The van der Waals surface area contributed by atoms with Gasteiger partial charge >= 0.3 is 6.03 Å². The fraction of sp³-hybridized carbons (Fsp3) is 0.286. The summed E-state index contributed by atoms with van der Waals surface area (Å²) in [5, 5.41) is 13.4. The van der Waals surface area contributed by atoms with Gasteiger partial charge in [0.15, 0.2) is 0 Å². The number of carbonyl (C=O) groups is 1. The first-order valence-electron chi connectivity index (χ1n) is 7.18. The van der Waals surface area contributed by atoms with Gasteiger partial charge in [0.2, 0.25) is 5.95 Å². The SMILES string of the molecule is CCNC(=O)NCCNc1nc(-c2nccs2)c2sccc2n1. The standard InChI is InChI=1S/C14H16N6OS2/c1-2-15-14(21)18-5-4-17-13-19-9-3-7-22-11(9)10(20-13)12-16-6-8-23-12/h3,6-8H,2,4-5H2,1H3,(H2,15,18,21)(H,17,19,20). The molecular formula is C14H16N6OS2. The molecule has 0 saturated heterocycles. The van der Waals surface area contributed by atoms with Gasteiger partial charge in [0, 0.05) is 31.2 Å². The quantitative estimate of drug-likeness (QED) is 0.596. The lowest BCUT2D eigenvalue weighted by Crippen LogP contribution is -2.37. The number of hydrogen-bond acceptors (Lipinski definition) is 7. The first-order valence-corrected chi connectivity index (χ1v) is 8.94. The van der Waals surface area contributed by atoms with Crippen molar-refractivity contribution in [1.29, 1.82) is 0 Å². The molecule has 0 aliphatic heterocycles. The maximum Gasteiger partial charge on any atom is 0.314 e. The van der Waals surface area contributed by atoms with Crippen LogP contribution in [0, 0.1) is 0 Å². The highest BCUT2D eigenvalue weighted by atomic mass is 32.1. The van der Waals surface area contributed by atoms with Gasteiger partial charge in [-0.1, -0.05) is 0 Å². The molecule has 0 aromatic carbocycles. The Morgan fingerprint density at radius 2 is 2.09 bits per heavy atom. The Kier molecular flexibility index (Phi) is 4.99. The van der Waals surface area contributed by atoms with Gasteiger partial charge in [-0.25, -0.2) is 19.7 Å². The minimum atomic E-state index is -0.174. The normalized spacial score (nSPS) is 10.7. The highest BCUT2D eigenvalue weighted by molar-refractivity contribution is 7.18. The number of fused-ring (bicyclic) bond motifs is 1. The average molecular weight is 348 g/mol. The van der Waals surface area contributed by atoms with E-state index in [1.54, 1.807) is 28.9 Å². The fourth-order valence-corrected chi connectivity index (χ4v) is 3.52. The Morgan fingerprint density at radius 3 is 2.87 bits per heavy atom. The molecule has 3 rings (SSSR count). The molecule has 3 heterocycles. The second kappa shape index (κ2) is 7.34. The number of thiazole rings is 1. The van der Waals surface area contributed by atoms with E-state index in [2.05, 4.69) is 30.9 Å². The summed E-state index contributed by atoms with van der Waals surface area (Å²) in [5.74, 6) is 0.541. The van der Waals surface area contributed by atoms with Crippen molar-refractivity contribution in [3.8, 4) is 10.7 Å². The number of nitrogens with one attached hydrogen (secondary N) is 3. The molecule has 3 aromatic rings. The van der Waals surface area contributed by atoms with Crippen LogP contribution in [0.15, 0.2) is 23.0 Å². The summed E-state index contributed by atoms with van der Waals surface area (Å²) >= 11 is 3.16. The fourth-order valence-electron chi connectivity index (χ4n) is 2.00. The molecule has 23 heavy (non-hydrogen) atoms. The van der Waals surface area contributed by atoms with Crippen molar-refractivity contribution in [2.75, 3.05) is 25.0 Å². The molecule has 0 saturated carbocycles. The van der Waals surface area contributed by atoms with E-state index < -0.39 is 0 Å². The number of nitrogens with zero attached hydrogens (tertiary/aromatic N) is 3. The van der Waals surface area contributed by atoms with Crippen molar-refractivity contribution < 1.29 is 4.79 Å². The third-order valence-corrected chi connectivity index (χ3v) is 4.66. The predicted molar refractivity (Wildman–Crippen MR) is 94.1 cm³/mol. The number of aromatic nitrogens is 3. The van der Waals surface area contributed by atoms with Gasteiger partial charge in [0.05, 0.1) is 10.2 Å². The first-order chi connectivity index (χ1) is 11.3. The van der Waals surface area contributed by atoms with Gasteiger partial charge < -0.3 is 16.0 Å². The molecule has 0 spiro atoms. The van der Waals surface area contributed by atoms with E-state index in [0.717, 1.165) is 20.9 Å². The van der Waals surface area contributed by atoms with Crippen LogP contribution in [-0.2, 0) is 0 Å². The van der Waals surface area contributed by atoms with E-state index in [-0.39, 0.29) is 6.03 Å². The topological polar surface area (TPSA) is 91.8 Å². The average Bonchev–Trinajstić information content (AvgIpc) is 3.22. The number of urea groups is 1. The maximum atomic E-state index is 11.3. The monoisotopic (exact) mass is 348 g/mol. The van der Waals surface area contributed by atoms with Crippen molar-refractivity contribution in [3.63, 3.8) is 0 Å². The van der Waals surface area contributed by atoms with E-state index in [4.69, 9.17) is 0 Å². The third kappa shape index (κ3) is 3.74. The molecule has 2 amide bonds.